The zero-order valence-electron chi connectivity index (χ0n) is 11.1. The molecule has 1 rings (SSSR count). The van der Waals surface area contributed by atoms with Gasteiger partial charge >= 0.3 is 5.97 Å². The molecule has 2 N–H and O–H groups in total. The van der Waals surface area contributed by atoms with E-state index in [9.17, 15) is 4.79 Å². The Hall–Kier alpha value is -1.35. The molecule has 100 valence electrons. The van der Waals surface area contributed by atoms with E-state index in [2.05, 4.69) is 36.5 Å². The van der Waals surface area contributed by atoms with Gasteiger partial charge in [-0.3, -0.25) is 4.79 Å². The minimum Gasteiger partial charge on any atom is -0.481 e. The first-order valence-corrected chi connectivity index (χ1v) is 6.73. The van der Waals surface area contributed by atoms with Crippen LogP contribution >= 0.6 is 0 Å². The van der Waals surface area contributed by atoms with Crippen molar-refractivity contribution in [1.82, 2.24) is 5.32 Å². The Kier molecular flexibility index (Phi) is 7.11. The van der Waals surface area contributed by atoms with Crippen LogP contribution in [0, 0.1) is 0 Å². The second kappa shape index (κ2) is 8.70. The van der Waals surface area contributed by atoms with Crippen LogP contribution in [-0.4, -0.2) is 17.6 Å². The molecule has 0 fully saturated rings. The van der Waals surface area contributed by atoms with Crippen molar-refractivity contribution in [2.45, 2.75) is 45.6 Å². The van der Waals surface area contributed by atoms with Crippen molar-refractivity contribution in [2.24, 2.45) is 0 Å². The number of aryl methyl sites for hydroxylation is 1. The topological polar surface area (TPSA) is 49.3 Å². The number of rotatable bonds is 9. The van der Waals surface area contributed by atoms with Gasteiger partial charge in [0.2, 0.25) is 0 Å². The Balaban J connectivity index is 2.12. The van der Waals surface area contributed by atoms with Crippen molar-refractivity contribution in [1.29, 1.82) is 0 Å². The molecule has 18 heavy (non-hydrogen) atoms. The van der Waals surface area contributed by atoms with Crippen LogP contribution in [0.25, 0.3) is 0 Å². The lowest BCUT2D eigenvalue weighted by Crippen LogP contribution is -2.15. The highest BCUT2D eigenvalue weighted by molar-refractivity contribution is 5.66. The molecule has 0 atom stereocenters. The van der Waals surface area contributed by atoms with Gasteiger partial charge in [-0.15, -0.1) is 0 Å². The molecule has 0 radical (unpaired) electrons. The summed E-state index contributed by atoms with van der Waals surface area (Å²) in [5.74, 6) is -0.695. The smallest absolute Gasteiger partial charge is 0.303 e. The number of unbranched alkanes of at least 4 members (excludes halogenated alkanes) is 2. The van der Waals surface area contributed by atoms with Crippen molar-refractivity contribution < 1.29 is 9.90 Å². The Labute approximate surface area is 109 Å². The van der Waals surface area contributed by atoms with Crippen LogP contribution in [0.5, 0.6) is 0 Å². The maximum absolute atomic E-state index is 10.3. The van der Waals surface area contributed by atoms with E-state index in [4.69, 9.17) is 5.11 Å². The highest BCUT2D eigenvalue weighted by Crippen LogP contribution is 2.09. The standard InChI is InChI=1S/C15H23NO2/c1-2-13-8-5-6-9-14(13)12-16-11-7-3-4-10-15(17)18/h5-6,8-9,16H,2-4,7,10-12H2,1H3,(H,17,18). The van der Waals surface area contributed by atoms with Gasteiger partial charge < -0.3 is 10.4 Å². The predicted molar refractivity (Wildman–Crippen MR) is 73.6 cm³/mol. The summed E-state index contributed by atoms with van der Waals surface area (Å²) < 4.78 is 0. The van der Waals surface area contributed by atoms with E-state index in [1.807, 2.05) is 0 Å². The highest BCUT2D eigenvalue weighted by atomic mass is 16.4. The summed E-state index contributed by atoms with van der Waals surface area (Å²) in [4.78, 5) is 10.3. The summed E-state index contributed by atoms with van der Waals surface area (Å²) >= 11 is 0. The molecule has 0 bridgehead atoms. The van der Waals surface area contributed by atoms with Crippen molar-refractivity contribution in [2.75, 3.05) is 6.54 Å². The number of carbonyl (C=O) groups is 1. The van der Waals surface area contributed by atoms with Crippen LogP contribution in [-0.2, 0) is 17.8 Å². The molecule has 0 amide bonds. The van der Waals surface area contributed by atoms with Crippen LogP contribution < -0.4 is 5.32 Å². The van der Waals surface area contributed by atoms with Gasteiger partial charge in [0, 0.05) is 13.0 Å². The normalized spacial score (nSPS) is 10.5. The number of hydrogen-bond donors (Lipinski definition) is 2. The molecule has 0 aliphatic rings. The van der Waals surface area contributed by atoms with Crippen molar-refractivity contribution in [3.63, 3.8) is 0 Å². The molecule has 0 unspecified atom stereocenters. The predicted octanol–water partition coefficient (Wildman–Crippen LogP) is 2.98. The van der Waals surface area contributed by atoms with E-state index in [1.165, 1.54) is 11.1 Å². The molecule has 0 spiro atoms. The molecule has 1 aromatic carbocycles. The number of nitrogens with one attached hydrogen (secondary N) is 1. The van der Waals surface area contributed by atoms with Crippen LogP contribution in [0.3, 0.4) is 0 Å². The quantitative estimate of drug-likeness (QED) is 0.661. The lowest BCUT2D eigenvalue weighted by molar-refractivity contribution is -0.137. The van der Waals surface area contributed by atoms with Gasteiger partial charge in [-0.1, -0.05) is 37.6 Å². The van der Waals surface area contributed by atoms with Crippen molar-refractivity contribution in [3.05, 3.63) is 35.4 Å². The Morgan fingerprint density at radius 2 is 1.89 bits per heavy atom. The van der Waals surface area contributed by atoms with E-state index in [1.54, 1.807) is 0 Å². The maximum Gasteiger partial charge on any atom is 0.303 e. The van der Waals surface area contributed by atoms with Gasteiger partial charge in [0.05, 0.1) is 0 Å². The van der Waals surface area contributed by atoms with E-state index < -0.39 is 5.97 Å². The van der Waals surface area contributed by atoms with Crippen LogP contribution in [0.15, 0.2) is 24.3 Å². The molecule has 0 aliphatic heterocycles. The second-order valence-corrected chi connectivity index (χ2v) is 4.50. The lowest BCUT2D eigenvalue weighted by Gasteiger charge is -2.08. The fraction of sp³-hybridized carbons (Fsp3) is 0.533. The molecule has 0 aliphatic carbocycles. The fourth-order valence-electron chi connectivity index (χ4n) is 2.00. The molecular formula is C15H23NO2. The van der Waals surface area contributed by atoms with Gasteiger partial charge in [-0.2, -0.15) is 0 Å². The van der Waals surface area contributed by atoms with Crippen molar-refractivity contribution >= 4 is 5.97 Å². The summed E-state index contributed by atoms with van der Waals surface area (Å²) in [6.07, 6.45) is 4.16. The zero-order valence-corrected chi connectivity index (χ0v) is 11.1. The second-order valence-electron chi connectivity index (χ2n) is 4.50. The molecule has 3 nitrogen and oxygen atoms in total. The summed E-state index contributed by atoms with van der Waals surface area (Å²) in [5.41, 5.74) is 2.77. The fourth-order valence-corrected chi connectivity index (χ4v) is 2.00. The van der Waals surface area contributed by atoms with Gasteiger partial charge in [0.25, 0.3) is 0 Å². The van der Waals surface area contributed by atoms with E-state index in [-0.39, 0.29) is 0 Å². The molecule has 0 saturated heterocycles. The monoisotopic (exact) mass is 249 g/mol. The van der Waals surface area contributed by atoms with Crippen molar-refractivity contribution in [3.8, 4) is 0 Å². The maximum atomic E-state index is 10.3. The van der Waals surface area contributed by atoms with E-state index in [0.29, 0.717) is 6.42 Å². The molecule has 0 heterocycles. The average molecular weight is 249 g/mol. The molecule has 3 heteroatoms. The average Bonchev–Trinajstić information content (AvgIpc) is 2.37. The molecule has 0 saturated carbocycles. The van der Waals surface area contributed by atoms with Crippen LogP contribution in [0.1, 0.15) is 43.7 Å². The number of carboxylic acid groups (broad SMARTS) is 1. The van der Waals surface area contributed by atoms with Crippen LogP contribution in [0.2, 0.25) is 0 Å². The number of hydrogen-bond acceptors (Lipinski definition) is 2. The number of carboxylic acids is 1. The zero-order chi connectivity index (χ0) is 13.2. The largest absolute Gasteiger partial charge is 0.481 e. The van der Waals surface area contributed by atoms with Gasteiger partial charge in [-0.25, -0.2) is 0 Å². The Bertz CT molecular complexity index is 363. The van der Waals surface area contributed by atoms with E-state index in [0.717, 1.165) is 38.8 Å². The van der Waals surface area contributed by atoms with Gasteiger partial charge in [0.1, 0.15) is 0 Å². The first-order valence-electron chi connectivity index (χ1n) is 6.73. The molecule has 1 aromatic rings. The van der Waals surface area contributed by atoms with Gasteiger partial charge in [-0.05, 0) is 36.9 Å². The molecular weight excluding hydrogens is 226 g/mol. The van der Waals surface area contributed by atoms with Crippen LogP contribution in [0.4, 0.5) is 0 Å². The summed E-state index contributed by atoms with van der Waals surface area (Å²) in [7, 11) is 0. The third-order valence-corrected chi connectivity index (χ3v) is 3.06. The molecule has 0 aromatic heterocycles. The van der Waals surface area contributed by atoms with E-state index >= 15 is 0 Å². The highest BCUT2D eigenvalue weighted by Gasteiger charge is 1.99. The first-order chi connectivity index (χ1) is 8.74. The SMILES string of the molecule is CCc1ccccc1CNCCCCCC(=O)O. The number of aliphatic carboxylic acids is 1. The summed E-state index contributed by atoms with van der Waals surface area (Å²) in [5, 5.41) is 11.9. The summed E-state index contributed by atoms with van der Waals surface area (Å²) in [6, 6.07) is 8.48. The van der Waals surface area contributed by atoms with Gasteiger partial charge in [0.15, 0.2) is 0 Å². The Morgan fingerprint density at radius 3 is 2.56 bits per heavy atom. The minimum absolute atomic E-state index is 0.290. The Morgan fingerprint density at radius 1 is 1.17 bits per heavy atom. The lowest BCUT2D eigenvalue weighted by atomic mass is 10.1. The third kappa shape index (κ3) is 5.82. The summed E-state index contributed by atoms with van der Waals surface area (Å²) in [6.45, 7) is 4.03. The third-order valence-electron chi connectivity index (χ3n) is 3.06. The number of benzene rings is 1. The minimum atomic E-state index is -0.695. The first kappa shape index (κ1) is 14.7.